The van der Waals surface area contributed by atoms with Gasteiger partial charge in [0.05, 0.1) is 35.0 Å². The SMILES string of the molecule is O=C(Cc1ccon1)NI. The summed E-state index contributed by atoms with van der Waals surface area (Å²) in [6, 6.07) is 1.66. The Labute approximate surface area is 71.5 Å². The molecule has 1 heterocycles. The van der Waals surface area contributed by atoms with E-state index in [4.69, 9.17) is 0 Å². The van der Waals surface area contributed by atoms with Gasteiger partial charge in [-0.05, 0) is 0 Å². The van der Waals surface area contributed by atoms with Gasteiger partial charge < -0.3 is 4.52 Å². The van der Waals surface area contributed by atoms with Crippen LogP contribution in [0.3, 0.4) is 0 Å². The molecule has 0 saturated carbocycles. The van der Waals surface area contributed by atoms with E-state index in [1.54, 1.807) is 28.9 Å². The van der Waals surface area contributed by atoms with Gasteiger partial charge >= 0.3 is 0 Å². The van der Waals surface area contributed by atoms with E-state index in [9.17, 15) is 4.79 Å². The lowest BCUT2D eigenvalue weighted by molar-refractivity contribution is -0.118. The molecule has 1 rings (SSSR count). The summed E-state index contributed by atoms with van der Waals surface area (Å²) in [4.78, 5) is 10.7. The summed E-state index contributed by atoms with van der Waals surface area (Å²) in [7, 11) is 0. The molecule has 0 aliphatic carbocycles. The van der Waals surface area contributed by atoms with Gasteiger partial charge in [-0.15, -0.1) is 0 Å². The van der Waals surface area contributed by atoms with Gasteiger partial charge in [0.15, 0.2) is 0 Å². The summed E-state index contributed by atoms with van der Waals surface area (Å²) in [5, 5.41) is 3.56. The van der Waals surface area contributed by atoms with Crippen molar-refractivity contribution in [3.8, 4) is 0 Å². The predicted octanol–water partition coefficient (Wildman–Crippen LogP) is 0.683. The Balaban J connectivity index is 2.48. The number of nitrogens with one attached hydrogen (secondary N) is 1. The van der Waals surface area contributed by atoms with E-state index in [-0.39, 0.29) is 12.3 Å². The van der Waals surface area contributed by atoms with Gasteiger partial charge in [-0.2, -0.15) is 0 Å². The predicted molar refractivity (Wildman–Crippen MR) is 42.4 cm³/mol. The highest BCUT2D eigenvalue weighted by Crippen LogP contribution is 1.95. The van der Waals surface area contributed by atoms with E-state index in [1.165, 1.54) is 6.26 Å². The molecule has 0 aliphatic heterocycles. The van der Waals surface area contributed by atoms with E-state index < -0.39 is 0 Å². The van der Waals surface area contributed by atoms with E-state index in [1.807, 2.05) is 0 Å². The molecule has 10 heavy (non-hydrogen) atoms. The number of halogens is 1. The van der Waals surface area contributed by atoms with Crippen molar-refractivity contribution in [2.24, 2.45) is 0 Å². The van der Waals surface area contributed by atoms with Crippen LogP contribution in [0.4, 0.5) is 0 Å². The van der Waals surface area contributed by atoms with Crippen molar-refractivity contribution >= 4 is 28.8 Å². The maximum Gasteiger partial charge on any atom is 0.234 e. The smallest absolute Gasteiger partial charge is 0.234 e. The molecule has 54 valence electrons. The number of aromatic nitrogens is 1. The molecule has 0 aromatic carbocycles. The van der Waals surface area contributed by atoms with Crippen LogP contribution in [0.2, 0.25) is 0 Å². The molecule has 1 amide bonds. The Hall–Kier alpha value is -0.590. The third-order valence-corrected chi connectivity index (χ3v) is 1.54. The van der Waals surface area contributed by atoms with Crippen LogP contribution in [0.1, 0.15) is 5.69 Å². The van der Waals surface area contributed by atoms with Crippen molar-refractivity contribution in [1.29, 1.82) is 0 Å². The van der Waals surface area contributed by atoms with Gasteiger partial charge in [-0.3, -0.25) is 8.32 Å². The zero-order valence-corrected chi connectivity index (χ0v) is 7.16. The van der Waals surface area contributed by atoms with E-state index >= 15 is 0 Å². The van der Waals surface area contributed by atoms with Crippen molar-refractivity contribution in [1.82, 2.24) is 8.69 Å². The molecule has 0 spiro atoms. The second-order valence-corrected chi connectivity index (χ2v) is 2.22. The molecule has 1 N–H and O–H groups in total. The summed E-state index contributed by atoms with van der Waals surface area (Å²) in [5.41, 5.74) is 0.647. The first kappa shape index (κ1) is 7.52. The van der Waals surface area contributed by atoms with Crippen molar-refractivity contribution in [3.05, 3.63) is 18.0 Å². The number of carbonyl (C=O) groups is 1. The molecule has 0 unspecified atom stereocenters. The number of hydrogen-bond acceptors (Lipinski definition) is 3. The number of hydrogen-bond donors (Lipinski definition) is 1. The first-order valence-electron chi connectivity index (χ1n) is 2.61. The first-order valence-corrected chi connectivity index (χ1v) is 3.69. The Bertz CT molecular complexity index is 209. The Morgan fingerprint density at radius 1 is 1.90 bits per heavy atom. The summed E-state index contributed by atoms with van der Waals surface area (Å²) in [5.74, 6) is -0.0745. The average Bonchev–Trinajstić information content (AvgIpc) is 2.40. The molecule has 0 bridgehead atoms. The van der Waals surface area contributed by atoms with Gasteiger partial charge in [0.25, 0.3) is 0 Å². The highest BCUT2D eigenvalue weighted by Gasteiger charge is 2.02. The van der Waals surface area contributed by atoms with Gasteiger partial charge in [0.1, 0.15) is 6.26 Å². The third-order valence-electron chi connectivity index (χ3n) is 0.938. The fourth-order valence-corrected chi connectivity index (χ4v) is 0.717. The lowest BCUT2D eigenvalue weighted by atomic mass is 10.3. The maximum atomic E-state index is 10.7. The molecule has 1 aromatic heterocycles. The number of amides is 1. The average molecular weight is 252 g/mol. The Morgan fingerprint density at radius 2 is 2.70 bits per heavy atom. The molecule has 4 nitrogen and oxygen atoms in total. The minimum Gasteiger partial charge on any atom is -0.364 e. The molecule has 1 aromatic rings. The Kier molecular flexibility index (Phi) is 2.67. The molecule has 0 radical (unpaired) electrons. The zero-order valence-electron chi connectivity index (χ0n) is 5.00. The van der Waals surface area contributed by atoms with Crippen LogP contribution in [0, 0.1) is 0 Å². The summed E-state index contributed by atoms with van der Waals surface area (Å²) >= 11 is 1.78. The van der Waals surface area contributed by atoms with Crippen LogP contribution in [0.25, 0.3) is 0 Å². The number of carbonyl (C=O) groups excluding carboxylic acids is 1. The standard InChI is InChI=1S/C5H5IN2O2/c6-7-5(9)3-4-1-2-10-8-4/h1-2H,3H2,(H,7,9). The number of nitrogens with zero attached hydrogens (tertiary/aromatic N) is 1. The second-order valence-electron chi connectivity index (χ2n) is 1.69. The lowest BCUT2D eigenvalue weighted by Crippen LogP contribution is -2.14. The second kappa shape index (κ2) is 3.55. The van der Waals surface area contributed by atoms with Crippen molar-refractivity contribution in [2.45, 2.75) is 6.42 Å². The van der Waals surface area contributed by atoms with E-state index in [0.29, 0.717) is 5.69 Å². The van der Waals surface area contributed by atoms with Crippen molar-refractivity contribution < 1.29 is 9.32 Å². The van der Waals surface area contributed by atoms with Gasteiger partial charge in [-0.25, -0.2) is 0 Å². The normalized spacial score (nSPS) is 9.30. The van der Waals surface area contributed by atoms with Crippen molar-refractivity contribution in [2.75, 3.05) is 0 Å². The topological polar surface area (TPSA) is 55.1 Å². The molecule has 5 heteroatoms. The lowest BCUT2D eigenvalue weighted by Gasteiger charge is -1.90. The quantitative estimate of drug-likeness (QED) is 0.622. The van der Waals surface area contributed by atoms with Crippen LogP contribution in [0.15, 0.2) is 16.9 Å². The van der Waals surface area contributed by atoms with Crippen molar-refractivity contribution in [3.63, 3.8) is 0 Å². The molecular weight excluding hydrogens is 247 g/mol. The minimum atomic E-state index is -0.0745. The molecule has 0 aliphatic rings. The summed E-state index contributed by atoms with van der Waals surface area (Å²) in [6.45, 7) is 0. The summed E-state index contributed by atoms with van der Waals surface area (Å²) in [6.07, 6.45) is 1.72. The fraction of sp³-hybridized carbons (Fsp3) is 0.200. The summed E-state index contributed by atoms with van der Waals surface area (Å²) < 4.78 is 6.98. The van der Waals surface area contributed by atoms with E-state index in [2.05, 4.69) is 13.2 Å². The fourth-order valence-electron chi connectivity index (χ4n) is 0.527. The van der Waals surface area contributed by atoms with Crippen LogP contribution >= 0.6 is 22.9 Å². The third kappa shape index (κ3) is 1.98. The zero-order chi connectivity index (χ0) is 7.40. The monoisotopic (exact) mass is 252 g/mol. The first-order chi connectivity index (χ1) is 4.83. The van der Waals surface area contributed by atoms with Gasteiger partial charge in [-0.1, -0.05) is 5.16 Å². The maximum absolute atomic E-state index is 10.7. The van der Waals surface area contributed by atoms with Crippen LogP contribution < -0.4 is 3.53 Å². The van der Waals surface area contributed by atoms with E-state index in [0.717, 1.165) is 0 Å². The molecule has 0 fully saturated rings. The molecular formula is C5H5IN2O2. The molecule has 0 atom stereocenters. The largest absolute Gasteiger partial charge is 0.364 e. The van der Waals surface area contributed by atoms with Crippen LogP contribution in [0.5, 0.6) is 0 Å². The highest BCUT2D eigenvalue weighted by atomic mass is 127. The van der Waals surface area contributed by atoms with Crippen LogP contribution in [-0.4, -0.2) is 11.1 Å². The Morgan fingerprint density at radius 3 is 3.20 bits per heavy atom. The highest BCUT2D eigenvalue weighted by molar-refractivity contribution is 14.1. The minimum absolute atomic E-state index is 0.0745. The number of rotatable bonds is 2. The molecule has 0 saturated heterocycles. The van der Waals surface area contributed by atoms with Crippen LogP contribution in [-0.2, 0) is 11.2 Å². The van der Waals surface area contributed by atoms with Gasteiger partial charge in [0.2, 0.25) is 5.91 Å². The van der Waals surface area contributed by atoms with Gasteiger partial charge in [0, 0.05) is 6.07 Å².